The van der Waals surface area contributed by atoms with Crippen molar-refractivity contribution in [2.24, 2.45) is 0 Å². The number of carbonyl (C=O) groups is 1. The largest absolute Gasteiger partial charge is 0.324 e. The molecule has 1 saturated heterocycles. The van der Waals surface area contributed by atoms with Gasteiger partial charge in [0.2, 0.25) is 5.91 Å². The van der Waals surface area contributed by atoms with Gasteiger partial charge in [0.05, 0.1) is 11.7 Å². The first kappa shape index (κ1) is 13.2. The van der Waals surface area contributed by atoms with E-state index in [1.165, 1.54) is 12.8 Å². The lowest BCUT2D eigenvalue weighted by Crippen LogP contribution is -2.44. The summed E-state index contributed by atoms with van der Waals surface area (Å²) in [4.78, 5) is 14.7. The monoisotopic (exact) mass is 256 g/mol. The van der Waals surface area contributed by atoms with Gasteiger partial charge >= 0.3 is 0 Å². The summed E-state index contributed by atoms with van der Waals surface area (Å²) in [5, 5.41) is 4.13. The van der Waals surface area contributed by atoms with Gasteiger partial charge in [-0.05, 0) is 25.5 Å². The first-order valence-corrected chi connectivity index (χ1v) is 8.03. The van der Waals surface area contributed by atoms with E-state index in [4.69, 9.17) is 0 Å². The van der Waals surface area contributed by atoms with Crippen molar-refractivity contribution in [3.8, 4) is 0 Å². The van der Waals surface area contributed by atoms with Crippen LogP contribution in [-0.4, -0.2) is 40.6 Å². The lowest BCUT2D eigenvalue weighted by Gasteiger charge is -2.25. The van der Waals surface area contributed by atoms with Gasteiger partial charge in [-0.15, -0.1) is 0 Å². The van der Waals surface area contributed by atoms with Crippen molar-refractivity contribution in [1.82, 2.24) is 10.2 Å². The maximum absolute atomic E-state index is 12.6. The molecular formula is C13H24N2OS. The van der Waals surface area contributed by atoms with Gasteiger partial charge in [0.25, 0.3) is 0 Å². The molecule has 17 heavy (non-hydrogen) atoms. The maximum atomic E-state index is 12.6. The average Bonchev–Trinajstić information content (AvgIpc) is 2.90. The van der Waals surface area contributed by atoms with Crippen LogP contribution in [0.2, 0.25) is 0 Å². The standard InChI is InChI=1S/C13H24N2OS/c1-4-11-14-13(7-5-6-8-13)12(16)15(11)9-10(2)17-3/h10-11,14H,4-9H2,1-3H3. The van der Waals surface area contributed by atoms with Gasteiger partial charge in [-0.2, -0.15) is 11.8 Å². The van der Waals surface area contributed by atoms with E-state index in [1.807, 2.05) is 11.8 Å². The predicted octanol–water partition coefficient (Wildman–Crippen LogP) is 2.22. The number of hydrogen-bond acceptors (Lipinski definition) is 3. The minimum atomic E-state index is -0.196. The van der Waals surface area contributed by atoms with E-state index in [2.05, 4.69) is 30.3 Å². The van der Waals surface area contributed by atoms with Gasteiger partial charge in [-0.25, -0.2) is 0 Å². The van der Waals surface area contributed by atoms with Crippen LogP contribution in [0.25, 0.3) is 0 Å². The van der Waals surface area contributed by atoms with Crippen LogP contribution in [0.4, 0.5) is 0 Å². The zero-order valence-electron chi connectivity index (χ0n) is 11.2. The maximum Gasteiger partial charge on any atom is 0.244 e. The van der Waals surface area contributed by atoms with E-state index in [-0.39, 0.29) is 11.7 Å². The molecule has 2 unspecified atom stereocenters. The fraction of sp³-hybridized carbons (Fsp3) is 0.923. The Morgan fingerprint density at radius 3 is 2.71 bits per heavy atom. The summed E-state index contributed by atoms with van der Waals surface area (Å²) in [7, 11) is 0. The topological polar surface area (TPSA) is 32.3 Å². The average molecular weight is 256 g/mol. The van der Waals surface area contributed by atoms with Gasteiger partial charge in [0.15, 0.2) is 0 Å². The van der Waals surface area contributed by atoms with E-state index >= 15 is 0 Å². The number of hydrogen-bond donors (Lipinski definition) is 1. The zero-order chi connectivity index (χ0) is 12.5. The highest BCUT2D eigenvalue weighted by atomic mass is 32.2. The minimum absolute atomic E-state index is 0.196. The Bertz CT molecular complexity index is 289. The van der Waals surface area contributed by atoms with Crippen LogP contribution in [0.15, 0.2) is 0 Å². The summed E-state index contributed by atoms with van der Waals surface area (Å²) >= 11 is 1.84. The second kappa shape index (κ2) is 5.19. The molecule has 1 spiro atoms. The number of amides is 1. The molecule has 98 valence electrons. The van der Waals surface area contributed by atoms with E-state index in [1.54, 1.807) is 0 Å². The Labute approximate surface area is 109 Å². The van der Waals surface area contributed by atoms with Crippen LogP contribution in [0.5, 0.6) is 0 Å². The summed E-state index contributed by atoms with van der Waals surface area (Å²) < 4.78 is 0. The van der Waals surface area contributed by atoms with Crippen LogP contribution >= 0.6 is 11.8 Å². The molecule has 0 radical (unpaired) electrons. The molecule has 1 saturated carbocycles. The fourth-order valence-electron chi connectivity index (χ4n) is 3.10. The molecule has 0 aromatic rings. The van der Waals surface area contributed by atoms with E-state index in [9.17, 15) is 4.79 Å². The van der Waals surface area contributed by atoms with Crippen LogP contribution in [0.1, 0.15) is 46.0 Å². The van der Waals surface area contributed by atoms with Crippen molar-refractivity contribution in [2.75, 3.05) is 12.8 Å². The summed E-state index contributed by atoms with van der Waals surface area (Å²) in [5.41, 5.74) is -0.196. The third kappa shape index (κ3) is 2.34. The molecule has 0 bridgehead atoms. The molecule has 0 aromatic carbocycles. The van der Waals surface area contributed by atoms with E-state index in [0.29, 0.717) is 11.2 Å². The molecule has 2 fully saturated rings. The SMILES string of the molecule is CCC1NC2(CCCC2)C(=O)N1CC(C)SC. The van der Waals surface area contributed by atoms with Gasteiger partial charge in [-0.1, -0.05) is 26.7 Å². The Balaban J connectivity index is 2.11. The molecule has 2 rings (SSSR count). The second-order valence-electron chi connectivity index (χ2n) is 5.36. The summed E-state index contributed by atoms with van der Waals surface area (Å²) in [6, 6.07) is 0. The number of nitrogens with zero attached hydrogens (tertiary/aromatic N) is 1. The van der Waals surface area contributed by atoms with Crippen LogP contribution < -0.4 is 5.32 Å². The van der Waals surface area contributed by atoms with Gasteiger partial charge in [0, 0.05) is 11.8 Å². The predicted molar refractivity (Wildman–Crippen MR) is 73.1 cm³/mol. The Morgan fingerprint density at radius 1 is 1.53 bits per heavy atom. The molecule has 3 nitrogen and oxygen atoms in total. The van der Waals surface area contributed by atoms with Crippen molar-refractivity contribution in [2.45, 2.75) is 62.9 Å². The lowest BCUT2D eigenvalue weighted by atomic mass is 9.98. The summed E-state index contributed by atoms with van der Waals surface area (Å²) in [6.07, 6.45) is 7.84. The third-order valence-corrected chi connectivity index (χ3v) is 5.14. The molecular weight excluding hydrogens is 232 g/mol. The quantitative estimate of drug-likeness (QED) is 0.837. The number of nitrogens with one attached hydrogen (secondary N) is 1. The van der Waals surface area contributed by atoms with Crippen molar-refractivity contribution < 1.29 is 4.79 Å². The Hall–Kier alpha value is -0.220. The molecule has 0 aromatic heterocycles. The smallest absolute Gasteiger partial charge is 0.244 e. The van der Waals surface area contributed by atoms with Gasteiger partial charge in [0.1, 0.15) is 0 Å². The molecule has 2 atom stereocenters. The molecule has 2 aliphatic rings. The number of carbonyl (C=O) groups excluding carboxylic acids is 1. The molecule has 1 amide bonds. The van der Waals surface area contributed by atoms with Crippen molar-refractivity contribution >= 4 is 17.7 Å². The molecule has 1 aliphatic carbocycles. The van der Waals surface area contributed by atoms with Crippen LogP contribution in [0.3, 0.4) is 0 Å². The third-order valence-electron chi connectivity index (χ3n) is 4.19. The van der Waals surface area contributed by atoms with Gasteiger partial charge in [-0.3, -0.25) is 10.1 Å². The first-order valence-electron chi connectivity index (χ1n) is 6.74. The Kier molecular flexibility index (Phi) is 4.03. The van der Waals surface area contributed by atoms with Crippen LogP contribution in [-0.2, 0) is 4.79 Å². The second-order valence-corrected chi connectivity index (χ2v) is 6.64. The minimum Gasteiger partial charge on any atom is -0.324 e. The molecule has 1 N–H and O–H groups in total. The van der Waals surface area contributed by atoms with Crippen molar-refractivity contribution in [1.29, 1.82) is 0 Å². The zero-order valence-corrected chi connectivity index (χ0v) is 12.0. The fourth-order valence-corrected chi connectivity index (χ4v) is 3.41. The molecule has 1 heterocycles. The van der Waals surface area contributed by atoms with Gasteiger partial charge < -0.3 is 4.90 Å². The summed E-state index contributed by atoms with van der Waals surface area (Å²) in [6.45, 7) is 5.24. The summed E-state index contributed by atoms with van der Waals surface area (Å²) in [5.74, 6) is 0.364. The van der Waals surface area contributed by atoms with E-state index in [0.717, 1.165) is 25.8 Å². The highest BCUT2D eigenvalue weighted by molar-refractivity contribution is 7.99. The lowest BCUT2D eigenvalue weighted by molar-refractivity contribution is -0.133. The Morgan fingerprint density at radius 2 is 2.18 bits per heavy atom. The highest BCUT2D eigenvalue weighted by Gasteiger charge is 2.51. The first-order chi connectivity index (χ1) is 8.13. The number of rotatable bonds is 4. The highest BCUT2D eigenvalue weighted by Crippen LogP contribution is 2.37. The molecule has 1 aliphatic heterocycles. The normalized spacial score (nSPS) is 29.2. The van der Waals surface area contributed by atoms with E-state index < -0.39 is 0 Å². The number of thioether (sulfide) groups is 1. The molecule has 4 heteroatoms. The van der Waals surface area contributed by atoms with Crippen LogP contribution in [0, 0.1) is 0 Å². The van der Waals surface area contributed by atoms with Crippen molar-refractivity contribution in [3.05, 3.63) is 0 Å². The van der Waals surface area contributed by atoms with Crippen molar-refractivity contribution in [3.63, 3.8) is 0 Å².